The van der Waals surface area contributed by atoms with Gasteiger partial charge in [-0.1, -0.05) is 6.92 Å². The first-order valence-corrected chi connectivity index (χ1v) is 4.00. The van der Waals surface area contributed by atoms with E-state index in [0.29, 0.717) is 6.42 Å². The van der Waals surface area contributed by atoms with Crippen LogP contribution < -0.4 is 5.73 Å². The topological polar surface area (TPSA) is 72.5 Å². The largest absolute Gasteiger partial charge is 0.479 e. The zero-order valence-electron chi connectivity index (χ0n) is 7.83. The van der Waals surface area contributed by atoms with E-state index < -0.39 is 17.6 Å². The Morgan fingerprint density at radius 2 is 2.17 bits per heavy atom. The van der Waals surface area contributed by atoms with Gasteiger partial charge in [0.1, 0.15) is 0 Å². The van der Waals surface area contributed by atoms with Crippen molar-refractivity contribution in [1.82, 2.24) is 0 Å². The molecule has 0 fully saturated rings. The highest BCUT2D eigenvalue weighted by atomic mass is 16.5. The van der Waals surface area contributed by atoms with E-state index in [1.165, 1.54) is 0 Å². The van der Waals surface area contributed by atoms with Gasteiger partial charge in [-0.2, -0.15) is 0 Å². The fraction of sp³-hybridized carbons (Fsp3) is 0.875. The molecule has 3 N–H and O–H groups in total. The lowest BCUT2D eigenvalue weighted by atomic mass is 10.1. The van der Waals surface area contributed by atoms with Crippen molar-refractivity contribution in [3.05, 3.63) is 0 Å². The zero-order valence-corrected chi connectivity index (χ0v) is 7.83. The fourth-order valence-electron chi connectivity index (χ4n) is 0.679. The quantitative estimate of drug-likeness (QED) is 0.642. The molecule has 72 valence electrons. The molecule has 4 heteroatoms. The average molecular weight is 175 g/mol. The predicted molar refractivity (Wildman–Crippen MR) is 45.9 cm³/mol. The van der Waals surface area contributed by atoms with E-state index in [0.717, 1.165) is 0 Å². The number of ether oxygens (including phenoxy) is 1. The van der Waals surface area contributed by atoms with E-state index >= 15 is 0 Å². The molecule has 0 aliphatic rings. The maximum atomic E-state index is 10.5. The summed E-state index contributed by atoms with van der Waals surface area (Å²) in [5.41, 5.74) is 5.15. The molecule has 0 spiro atoms. The molecule has 12 heavy (non-hydrogen) atoms. The van der Waals surface area contributed by atoms with Crippen LogP contribution in [0.3, 0.4) is 0 Å². The number of carboxylic acid groups (broad SMARTS) is 1. The lowest BCUT2D eigenvalue weighted by molar-refractivity contribution is -0.151. The molecule has 0 aromatic carbocycles. The van der Waals surface area contributed by atoms with Gasteiger partial charge in [0.05, 0.1) is 6.61 Å². The Labute approximate surface area is 72.7 Å². The number of hydrogen-bond donors (Lipinski definition) is 2. The van der Waals surface area contributed by atoms with Crippen LogP contribution in [0.25, 0.3) is 0 Å². The summed E-state index contributed by atoms with van der Waals surface area (Å²) in [5, 5.41) is 8.60. The highest BCUT2D eigenvalue weighted by molar-refractivity contribution is 5.72. The molecule has 0 rings (SSSR count). The van der Waals surface area contributed by atoms with Gasteiger partial charge in [-0.15, -0.1) is 0 Å². The van der Waals surface area contributed by atoms with E-state index in [-0.39, 0.29) is 6.61 Å². The van der Waals surface area contributed by atoms with E-state index in [2.05, 4.69) is 0 Å². The van der Waals surface area contributed by atoms with Crippen molar-refractivity contribution in [3.8, 4) is 0 Å². The Bertz CT molecular complexity index is 151. The number of nitrogens with two attached hydrogens (primary N) is 1. The van der Waals surface area contributed by atoms with E-state index in [1.807, 2.05) is 0 Å². The van der Waals surface area contributed by atoms with Crippen LogP contribution >= 0.6 is 0 Å². The molecular formula is C8H17NO3. The summed E-state index contributed by atoms with van der Waals surface area (Å²) in [4.78, 5) is 10.5. The molecule has 0 aliphatic carbocycles. The van der Waals surface area contributed by atoms with Crippen molar-refractivity contribution in [1.29, 1.82) is 0 Å². The Balaban J connectivity index is 3.81. The van der Waals surface area contributed by atoms with E-state index in [4.69, 9.17) is 15.6 Å². The van der Waals surface area contributed by atoms with Crippen LogP contribution in [0.2, 0.25) is 0 Å². The molecule has 0 saturated carbocycles. The van der Waals surface area contributed by atoms with Gasteiger partial charge in [-0.3, -0.25) is 0 Å². The average Bonchev–Trinajstić information content (AvgIpc) is 1.85. The molecule has 0 heterocycles. The summed E-state index contributed by atoms with van der Waals surface area (Å²) in [6, 6.07) is 0. The summed E-state index contributed by atoms with van der Waals surface area (Å²) in [5.74, 6) is -0.929. The Morgan fingerprint density at radius 3 is 2.42 bits per heavy atom. The number of rotatable bonds is 5. The molecule has 0 aliphatic heterocycles. The molecule has 0 saturated heterocycles. The van der Waals surface area contributed by atoms with E-state index in [1.54, 1.807) is 20.8 Å². The van der Waals surface area contributed by atoms with Gasteiger partial charge in [0.2, 0.25) is 0 Å². The van der Waals surface area contributed by atoms with Crippen molar-refractivity contribution in [3.63, 3.8) is 0 Å². The van der Waals surface area contributed by atoms with Crippen LogP contribution in [0.1, 0.15) is 27.2 Å². The van der Waals surface area contributed by atoms with Crippen molar-refractivity contribution >= 4 is 5.97 Å². The molecule has 4 nitrogen and oxygen atoms in total. The molecule has 1 unspecified atom stereocenters. The van der Waals surface area contributed by atoms with Crippen LogP contribution in [-0.4, -0.2) is 29.3 Å². The third-order valence-electron chi connectivity index (χ3n) is 1.30. The monoisotopic (exact) mass is 175 g/mol. The predicted octanol–water partition coefficient (Wildman–Crippen LogP) is 0.603. The molecule has 0 amide bonds. The first-order chi connectivity index (χ1) is 5.37. The molecule has 0 aromatic rings. The van der Waals surface area contributed by atoms with Crippen molar-refractivity contribution in [2.24, 2.45) is 5.73 Å². The van der Waals surface area contributed by atoms with Crippen LogP contribution in [0.4, 0.5) is 0 Å². The van der Waals surface area contributed by atoms with Crippen LogP contribution in [0, 0.1) is 0 Å². The molecular weight excluding hydrogens is 158 g/mol. The third kappa shape index (κ3) is 5.09. The second-order valence-electron chi connectivity index (χ2n) is 3.53. The standard InChI is InChI=1S/C8H17NO3/c1-4-6(7(10)11)12-5-8(2,3)9/h6H,4-5,9H2,1-3H3,(H,10,11). The SMILES string of the molecule is CCC(OCC(C)(C)N)C(=O)O. The van der Waals surface area contributed by atoms with E-state index in [9.17, 15) is 4.79 Å². The minimum Gasteiger partial charge on any atom is -0.479 e. The second-order valence-corrected chi connectivity index (χ2v) is 3.53. The van der Waals surface area contributed by atoms with Crippen LogP contribution in [-0.2, 0) is 9.53 Å². The Hall–Kier alpha value is -0.610. The maximum absolute atomic E-state index is 10.5. The minimum atomic E-state index is -0.929. The summed E-state index contributed by atoms with van der Waals surface area (Å²) in [7, 11) is 0. The normalized spacial score (nSPS) is 14.3. The van der Waals surface area contributed by atoms with Gasteiger partial charge in [0, 0.05) is 5.54 Å². The fourth-order valence-corrected chi connectivity index (χ4v) is 0.679. The first kappa shape index (κ1) is 11.4. The van der Waals surface area contributed by atoms with Gasteiger partial charge in [-0.05, 0) is 20.3 Å². The first-order valence-electron chi connectivity index (χ1n) is 4.00. The van der Waals surface area contributed by atoms with Crippen molar-refractivity contribution in [2.45, 2.75) is 38.8 Å². The number of hydrogen-bond acceptors (Lipinski definition) is 3. The lowest BCUT2D eigenvalue weighted by Crippen LogP contribution is -2.40. The lowest BCUT2D eigenvalue weighted by Gasteiger charge is -2.21. The maximum Gasteiger partial charge on any atom is 0.332 e. The van der Waals surface area contributed by atoms with Crippen LogP contribution in [0.5, 0.6) is 0 Å². The molecule has 1 atom stereocenters. The minimum absolute atomic E-state index is 0.262. The van der Waals surface area contributed by atoms with Gasteiger partial charge >= 0.3 is 5.97 Å². The van der Waals surface area contributed by atoms with Gasteiger partial charge in [0.15, 0.2) is 6.10 Å². The van der Waals surface area contributed by atoms with Crippen molar-refractivity contribution < 1.29 is 14.6 Å². The zero-order chi connectivity index (χ0) is 9.78. The highest BCUT2D eigenvalue weighted by Crippen LogP contribution is 2.03. The van der Waals surface area contributed by atoms with Gasteiger partial charge in [0.25, 0.3) is 0 Å². The van der Waals surface area contributed by atoms with Gasteiger partial charge < -0.3 is 15.6 Å². The second kappa shape index (κ2) is 4.42. The summed E-state index contributed by atoms with van der Waals surface area (Å²) in [6.07, 6.45) is -0.265. The summed E-state index contributed by atoms with van der Waals surface area (Å²) in [6.45, 7) is 5.61. The smallest absolute Gasteiger partial charge is 0.332 e. The Kier molecular flexibility index (Phi) is 4.20. The number of carbonyl (C=O) groups is 1. The highest BCUT2D eigenvalue weighted by Gasteiger charge is 2.19. The van der Waals surface area contributed by atoms with Crippen LogP contribution in [0.15, 0.2) is 0 Å². The van der Waals surface area contributed by atoms with Crippen molar-refractivity contribution in [2.75, 3.05) is 6.61 Å². The number of aliphatic carboxylic acids is 1. The molecule has 0 radical (unpaired) electrons. The summed E-state index contributed by atoms with van der Waals surface area (Å²) < 4.78 is 5.09. The number of carboxylic acids is 1. The Morgan fingerprint density at radius 1 is 1.67 bits per heavy atom. The van der Waals surface area contributed by atoms with Gasteiger partial charge in [-0.25, -0.2) is 4.79 Å². The third-order valence-corrected chi connectivity index (χ3v) is 1.30. The molecule has 0 bridgehead atoms. The molecule has 0 aromatic heterocycles. The summed E-state index contributed by atoms with van der Waals surface area (Å²) >= 11 is 0.